The molecule has 0 aliphatic carbocycles. The number of unbranched alkanes of at least 4 members (excludes halogenated alkanes) is 2. The summed E-state index contributed by atoms with van der Waals surface area (Å²) in [6.07, 6.45) is 4.00. The predicted molar refractivity (Wildman–Crippen MR) is 53.5 cm³/mol. The highest BCUT2D eigenvalue weighted by Crippen LogP contribution is 2.07. The van der Waals surface area contributed by atoms with Gasteiger partial charge in [-0.2, -0.15) is 0 Å². The monoisotopic (exact) mass is 201 g/mol. The molecule has 82 valence electrons. The molecule has 0 bridgehead atoms. The van der Waals surface area contributed by atoms with Crippen molar-refractivity contribution in [3.63, 3.8) is 0 Å². The van der Waals surface area contributed by atoms with Gasteiger partial charge in [0, 0.05) is 13.3 Å². The summed E-state index contributed by atoms with van der Waals surface area (Å²) in [5, 5.41) is 0. The van der Waals surface area contributed by atoms with Crippen LogP contribution in [0.2, 0.25) is 0 Å². The molecule has 0 rings (SSSR count). The molecule has 2 N–H and O–H groups in total. The van der Waals surface area contributed by atoms with E-state index in [2.05, 4.69) is 0 Å². The van der Waals surface area contributed by atoms with Crippen LogP contribution in [0.25, 0.3) is 0 Å². The van der Waals surface area contributed by atoms with Crippen LogP contribution >= 0.6 is 0 Å². The fraction of sp³-hybridized carbons (Fsp3) is 0.800. The van der Waals surface area contributed by atoms with E-state index in [1.54, 1.807) is 0 Å². The average molecular weight is 201 g/mol. The van der Waals surface area contributed by atoms with Crippen molar-refractivity contribution in [3.8, 4) is 0 Å². The second kappa shape index (κ2) is 7.35. The summed E-state index contributed by atoms with van der Waals surface area (Å²) in [4.78, 5) is 20.9. The second-order valence-electron chi connectivity index (χ2n) is 3.49. The number of hydrogen-bond acceptors (Lipinski definition) is 3. The minimum Gasteiger partial charge on any atom is -0.463 e. The standard InChI is InChI=1S/C10H19NO3/c1-8(14-9(2)12)6-4-3-5-7-10(11)13/h8H,3-7H2,1-2H3,(H2,11,13). The normalized spacial score (nSPS) is 12.1. The molecule has 0 aromatic carbocycles. The molecule has 0 saturated heterocycles. The van der Waals surface area contributed by atoms with Crippen LogP contribution in [-0.4, -0.2) is 18.0 Å². The second-order valence-corrected chi connectivity index (χ2v) is 3.49. The molecule has 14 heavy (non-hydrogen) atoms. The van der Waals surface area contributed by atoms with Crippen molar-refractivity contribution in [2.24, 2.45) is 5.73 Å². The third-order valence-corrected chi connectivity index (χ3v) is 1.90. The van der Waals surface area contributed by atoms with Gasteiger partial charge in [0.15, 0.2) is 0 Å². The highest BCUT2D eigenvalue weighted by Gasteiger charge is 2.04. The summed E-state index contributed by atoms with van der Waals surface area (Å²) in [7, 11) is 0. The van der Waals surface area contributed by atoms with Crippen LogP contribution < -0.4 is 5.73 Å². The maximum Gasteiger partial charge on any atom is 0.302 e. The highest BCUT2D eigenvalue weighted by molar-refractivity contribution is 5.73. The smallest absolute Gasteiger partial charge is 0.302 e. The molecule has 0 heterocycles. The summed E-state index contributed by atoms with van der Waals surface area (Å²) in [5.74, 6) is -0.493. The minimum atomic E-state index is -0.252. The van der Waals surface area contributed by atoms with Crippen LogP contribution in [0.4, 0.5) is 0 Å². The average Bonchev–Trinajstić information content (AvgIpc) is 2.01. The van der Waals surface area contributed by atoms with E-state index in [1.807, 2.05) is 6.92 Å². The molecule has 0 aliphatic rings. The van der Waals surface area contributed by atoms with E-state index >= 15 is 0 Å². The van der Waals surface area contributed by atoms with E-state index in [-0.39, 0.29) is 18.0 Å². The van der Waals surface area contributed by atoms with E-state index in [0.717, 1.165) is 25.7 Å². The number of hydrogen-bond donors (Lipinski definition) is 1. The van der Waals surface area contributed by atoms with Gasteiger partial charge in [0.25, 0.3) is 0 Å². The van der Waals surface area contributed by atoms with Crippen LogP contribution in [0, 0.1) is 0 Å². The van der Waals surface area contributed by atoms with Gasteiger partial charge < -0.3 is 10.5 Å². The molecule has 0 fully saturated rings. The maximum absolute atomic E-state index is 10.5. The van der Waals surface area contributed by atoms with Crippen molar-refractivity contribution in [2.75, 3.05) is 0 Å². The Labute approximate surface area is 84.8 Å². The van der Waals surface area contributed by atoms with Crippen LogP contribution in [0.15, 0.2) is 0 Å². The number of primary amides is 1. The maximum atomic E-state index is 10.5. The fourth-order valence-electron chi connectivity index (χ4n) is 1.25. The molecule has 1 atom stereocenters. The lowest BCUT2D eigenvalue weighted by molar-refractivity contribution is -0.145. The Morgan fingerprint density at radius 1 is 1.29 bits per heavy atom. The van der Waals surface area contributed by atoms with E-state index in [1.165, 1.54) is 6.92 Å². The van der Waals surface area contributed by atoms with Crippen molar-refractivity contribution < 1.29 is 14.3 Å². The molecule has 0 aliphatic heterocycles. The zero-order valence-electron chi connectivity index (χ0n) is 8.91. The minimum absolute atomic E-state index is 0.0268. The number of esters is 1. The van der Waals surface area contributed by atoms with Crippen LogP contribution in [0.5, 0.6) is 0 Å². The Balaban J connectivity index is 3.27. The summed E-state index contributed by atoms with van der Waals surface area (Å²) in [5.41, 5.74) is 4.99. The van der Waals surface area contributed by atoms with Gasteiger partial charge in [0.05, 0.1) is 6.10 Å². The molecule has 4 heteroatoms. The Bertz CT molecular complexity index is 192. The lowest BCUT2D eigenvalue weighted by Gasteiger charge is -2.10. The van der Waals surface area contributed by atoms with Gasteiger partial charge >= 0.3 is 5.97 Å². The van der Waals surface area contributed by atoms with Crippen LogP contribution in [0.1, 0.15) is 46.0 Å². The summed E-state index contributed by atoms with van der Waals surface area (Å²) >= 11 is 0. The topological polar surface area (TPSA) is 69.4 Å². The van der Waals surface area contributed by atoms with Crippen molar-refractivity contribution in [1.82, 2.24) is 0 Å². The van der Waals surface area contributed by atoms with E-state index in [9.17, 15) is 9.59 Å². The number of carbonyl (C=O) groups excluding carboxylic acids is 2. The van der Waals surface area contributed by atoms with Crippen molar-refractivity contribution >= 4 is 11.9 Å². The summed E-state index contributed by atoms with van der Waals surface area (Å²) in [6, 6.07) is 0. The van der Waals surface area contributed by atoms with Gasteiger partial charge in [0.2, 0.25) is 5.91 Å². The number of nitrogens with two attached hydrogens (primary N) is 1. The van der Waals surface area contributed by atoms with Gasteiger partial charge in [0.1, 0.15) is 0 Å². The fourth-order valence-corrected chi connectivity index (χ4v) is 1.25. The van der Waals surface area contributed by atoms with Gasteiger partial charge in [-0.05, 0) is 26.2 Å². The first kappa shape index (κ1) is 12.9. The third-order valence-electron chi connectivity index (χ3n) is 1.90. The van der Waals surface area contributed by atoms with E-state index < -0.39 is 0 Å². The molecule has 1 unspecified atom stereocenters. The molecule has 0 aromatic heterocycles. The molecule has 4 nitrogen and oxygen atoms in total. The highest BCUT2D eigenvalue weighted by atomic mass is 16.5. The summed E-state index contributed by atoms with van der Waals surface area (Å²) in [6.45, 7) is 3.28. The predicted octanol–water partition coefficient (Wildman–Crippen LogP) is 1.37. The Morgan fingerprint density at radius 3 is 2.43 bits per heavy atom. The third kappa shape index (κ3) is 9.03. The zero-order chi connectivity index (χ0) is 11.0. The first-order chi connectivity index (χ1) is 6.52. The molecule has 0 aromatic rings. The van der Waals surface area contributed by atoms with E-state index in [0.29, 0.717) is 6.42 Å². The number of amides is 1. The quantitative estimate of drug-likeness (QED) is 0.499. The van der Waals surface area contributed by atoms with Crippen molar-refractivity contribution in [1.29, 1.82) is 0 Å². The molecule has 0 saturated carbocycles. The molecular formula is C10H19NO3. The van der Waals surface area contributed by atoms with Gasteiger partial charge in [-0.3, -0.25) is 9.59 Å². The summed E-state index contributed by atoms with van der Waals surface area (Å²) < 4.78 is 4.95. The Hall–Kier alpha value is -1.06. The number of rotatable bonds is 7. The molecule has 1 amide bonds. The Kier molecular flexibility index (Phi) is 6.80. The molecular weight excluding hydrogens is 182 g/mol. The molecule has 0 spiro atoms. The van der Waals surface area contributed by atoms with Gasteiger partial charge in [-0.15, -0.1) is 0 Å². The number of carbonyl (C=O) groups is 2. The van der Waals surface area contributed by atoms with E-state index in [4.69, 9.17) is 10.5 Å². The largest absolute Gasteiger partial charge is 0.463 e. The van der Waals surface area contributed by atoms with Crippen molar-refractivity contribution in [2.45, 2.75) is 52.1 Å². The van der Waals surface area contributed by atoms with Crippen LogP contribution in [0.3, 0.4) is 0 Å². The van der Waals surface area contributed by atoms with Crippen LogP contribution in [-0.2, 0) is 14.3 Å². The lowest BCUT2D eigenvalue weighted by Crippen LogP contribution is -2.12. The Morgan fingerprint density at radius 2 is 1.93 bits per heavy atom. The van der Waals surface area contributed by atoms with Crippen molar-refractivity contribution in [3.05, 3.63) is 0 Å². The lowest BCUT2D eigenvalue weighted by atomic mass is 10.1. The first-order valence-corrected chi connectivity index (χ1v) is 4.98. The first-order valence-electron chi connectivity index (χ1n) is 4.98. The zero-order valence-corrected chi connectivity index (χ0v) is 8.91. The van der Waals surface area contributed by atoms with Gasteiger partial charge in [-0.25, -0.2) is 0 Å². The van der Waals surface area contributed by atoms with Gasteiger partial charge in [-0.1, -0.05) is 6.42 Å². The number of ether oxygens (including phenoxy) is 1. The molecule has 0 radical (unpaired) electrons. The SMILES string of the molecule is CC(=O)OC(C)CCCCCC(N)=O.